The fraction of sp³-hybridized carbons (Fsp3) is 0.0526. The average molecular weight is 402 g/mol. The van der Waals surface area contributed by atoms with Gasteiger partial charge >= 0.3 is 0 Å². The van der Waals surface area contributed by atoms with Crippen LogP contribution in [-0.2, 0) is 0 Å². The molecule has 0 aliphatic heterocycles. The van der Waals surface area contributed by atoms with Gasteiger partial charge in [0.05, 0.1) is 17.8 Å². The molecule has 0 fully saturated rings. The molecule has 0 aliphatic carbocycles. The van der Waals surface area contributed by atoms with Crippen LogP contribution in [0, 0.1) is 11.3 Å². The number of nitrogens with one attached hydrogen (secondary N) is 1. The third kappa shape index (κ3) is 4.17. The van der Waals surface area contributed by atoms with Gasteiger partial charge in [-0.2, -0.15) is 5.26 Å². The lowest BCUT2D eigenvalue weighted by Gasteiger charge is -2.03. The van der Waals surface area contributed by atoms with E-state index in [4.69, 9.17) is 27.9 Å². The van der Waals surface area contributed by atoms with Gasteiger partial charge < -0.3 is 10.1 Å². The Morgan fingerprint density at radius 2 is 2.00 bits per heavy atom. The zero-order chi connectivity index (χ0) is 18.5. The molecular weight excluding hydrogens is 389 g/mol. The van der Waals surface area contributed by atoms with E-state index in [1.165, 1.54) is 11.3 Å². The van der Waals surface area contributed by atoms with Crippen LogP contribution >= 0.6 is 34.5 Å². The number of nitrogens with zero attached hydrogens (tertiary/aromatic N) is 2. The summed E-state index contributed by atoms with van der Waals surface area (Å²) in [7, 11) is 1.61. The highest BCUT2D eigenvalue weighted by atomic mass is 35.5. The monoisotopic (exact) mass is 401 g/mol. The zero-order valence-corrected chi connectivity index (χ0v) is 16.0. The molecule has 0 aliphatic rings. The van der Waals surface area contributed by atoms with E-state index in [0.717, 1.165) is 17.0 Å². The average Bonchev–Trinajstić information content (AvgIpc) is 3.12. The van der Waals surface area contributed by atoms with E-state index in [2.05, 4.69) is 16.4 Å². The van der Waals surface area contributed by atoms with E-state index in [0.29, 0.717) is 26.3 Å². The number of hydrogen-bond donors (Lipinski definition) is 1. The van der Waals surface area contributed by atoms with Crippen molar-refractivity contribution in [1.29, 1.82) is 5.26 Å². The number of methoxy groups -OCH3 is 1. The summed E-state index contributed by atoms with van der Waals surface area (Å²) in [5.74, 6) is 0.768. The van der Waals surface area contributed by atoms with Crippen LogP contribution in [0.15, 0.2) is 54.0 Å². The Morgan fingerprint density at radius 1 is 1.23 bits per heavy atom. The molecule has 0 amide bonds. The van der Waals surface area contributed by atoms with Crippen LogP contribution in [-0.4, -0.2) is 12.1 Å². The molecule has 0 bridgehead atoms. The van der Waals surface area contributed by atoms with Crippen LogP contribution in [0.1, 0.15) is 5.01 Å². The largest absolute Gasteiger partial charge is 0.497 e. The Balaban J connectivity index is 1.82. The predicted octanol–water partition coefficient (Wildman–Crippen LogP) is 6.10. The molecule has 130 valence electrons. The first kappa shape index (κ1) is 18.3. The third-order valence-corrected chi connectivity index (χ3v) is 4.96. The van der Waals surface area contributed by atoms with Gasteiger partial charge in [0.2, 0.25) is 0 Å². The van der Waals surface area contributed by atoms with Crippen LogP contribution < -0.4 is 10.1 Å². The molecule has 0 saturated carbocycles. The lowest BCUT2D eigenvalue weighted by molar-refractivity contribution is 0.415. The minimum atomic E-state index is 0.433. The Labute approximate surface area is 165 Å². The van der Waals surface area contributed by atoms with Gasteiger partial charge in [-0.25, -0.2) is 4.98 Å². The Morgan fingerprint density at radius 3 is 2.65 bits per heavy atom. The lowest BCUT2D eigenvalue weighted by Crippen LogP contribution is -1.91. The molecule has 7 heteroatoms. The summed E-state index contributed by atoms with van der Waals surface area (Å²) in [6, 6.07) is 14.8. The van der Waals surface area contributed by atoms with Gasteiger partial charge in [-0.3, -0.25) is 0 Å². The van der Waals surface area contributed by atoms with Gasteiger partial charge in [-0.1, -0.05) is 23.2 Å². The SMILES string of the molecule is COc1ccc(N/C=C(/C#N)c2nc(-c3ccc(Cl)cc3Cl)cs2)cc1. The van der Waals surface area contributed by atoms with Crippen molar-refractivity contribution in [3.63, 3.8) is 0 Å². The molecule has 2 aromatic carbocycles. The first-order valence-corrected chi connectivity index (χ1v) is 9.16. The number of allylic oxidation sites excluding steroid dienone is 1. The lowest BCUT2D eigenvalue weighted by atomic mass is 10.2. The van der Waals surface area contributed by atoms with Gasteiger partial charge in [-0.15, -0.1) is 11.3 Å². The topological polar surface area (TPSA) is 57.9 Å². The van der Waals surface area contributed by atoms with Crippen LogP contribution in [0.5, 0.6) is 5.75 Å². The first-order valence-electron chi connectivity index (χ1n) is 7.53. The van der Waals surface area contributed by atoms with Gasteiger partial charge in [0, 0.05) is 27.9 Å². The van der Waals surface area contributed by atoms with Gasteiger partial charge in [-0.05, 0) is 42.5 Å². The van der Waals surface area contributed by atoms with Crippen molar-refractivity contribution in [2.24, 2.45) is 0 Å². The second-order valence-electron chi connectivity index (χ2n) is 5.20. The van der Waals surface area contributed by atoms with Gasteiger partial charge in [0.15, 0.2) is 0 Å². The molecule has 1 heterocycles. The summed E-state index contributed by atoms with van der Waals surface area (Å²) in [5, 5.41) is 16.1. The smallest absolute Gasteiger partial charge is 0.136 e. The second-order valence-corrected chi connectivity index (χ2v) is 6.91. The number of aromatic nitrogens is 1. The van der Waals surface area contributed by atoms with Crippen LogP contribution in [0.2, 0.25) is 10.0 Å². The maximum atomic E-state index is 9.46. The molecule has 0 atom stereocenters. The quantitative estimate of drug-likeness (QED) is 0.524. The van der Waals surface area contributed by atoms with E-state index in [1.54, 1.807) is 25.4 Å². The maximum absolute atomic E-state index is 9.46. The Kier molecular flexibility index (Phi) is 5.79. The number of nitriles is 1. The fourth-order valence-corrected chi connectivity index (χ4v) is 3.49. The molecule has 0 spiro atoms. The van der Waals surface area contributed by atoms with Crippen molar-refractivity contribution in [3.05, 3.63) is 69.1 Å². The fourth-order valence-electron chi connectivity index (χ4n) is 2.20. The van der Waals surface area contributed by atoms with Crippen molar-refractivity contribution in [2.75, 3.05) is 12.4 Å². The second kappa shape index (κ2) is 8.24. The number of halogens is 2. The highest BCUT2D eigenvalue weighted by molar-refractivity contribution is 7.11. The summed E-state index contributed by atoms with van der Waals surface area (Å²) in [5.41, 5.74) is 2.76. The molecule has 0 radical (unpaired) electrons. The van der Waals surface area contributed by atoms with E-state index in [1.807, 2.05) is 35.7 Å². The molecule has 3 rings (SSSR count). The Bertz CT molecular complexity index is 991. The molecule has 1 N–H and O–H groups in total. The number of anilines is 1. The molecular formula is C19H13Cl2N3OS. The first-order chi connectivity index (χ1) is 12.6. The summed E-state index contributed by atoms with van der Waals surface area (Å²) in [6.07, 6.45) is 1.63. The summed E-state index contributed by atoms with van der Waals surface area (Å²) in [6.45, 7) is 0. The van der Waals surface area contributed by atoms with Crippen LogP contribution in [0.4, 0.5) is 5.69 Å². The maximum Gasteiger partial charge on any atom is 0.136 e. The summed E-state index contributed by atoms with van der Waals surface area (Å²) < 4.78 is 5.12. The van der Waals surface area contributed by atoms with Crippen molar-refractivity contribution < 1.29 is 4.74 Å². The third-order valence-electron chi connectivity index (χ3n) is 3.54. The van der Waals surface area contributed by atoms with E-state index < -0.39 is 0 Å². The Hall–Kier alpha value is -2.52. The normalized spacial score (nSPS) is 11.1. The van der Waals surface area contributed by atoms with E-state index in [9.17, 15) is 5.26 Å². The number of rotatable bonds is 5. The minimum Gasteiger partial charge on any atom is -0.497 e. The summed E-state index contributed by atoms with van der Waals surface area (Å²) in [4.78, 5) is 4.52. The molecule has 26 heavy (non-hydrogen) atoms. The van der Waals surface area contributed by atoms with Crippen LogP contribution in [0.3, 0.4) is 0 Å². The van der Waals surface area contributed by atoms with Gasteiger partial charge in [0.1, 0.15) is 22.4 Å². The summed E-state index contributed by atoms with van der Waals surface area (Å²) >= 11 is 13.5. The molecule has 4 nitrogen and oxygen atoms in total. The van der Waals surface area contributed by atoms with Crippen molar-refractivity contribution in [2.45, 2.75) is 0 Å². The standard InChI is InChI=1S/C19H13Cl2N3OS/c1-25-15-5-3-14(4-6-15)23-10-12(9-22)19-24-18(11-26-19)16-7-2-13(20)8-17(16)21/h2-8,10-11,23H,1H3/b12-10-. The molecule has 0 saturated heterocycles. The van der Waals surface area contributed by atoms with E-state index >= 15 is 0 Å². The zero-order valence-electron chi connectivity index (χ0n) is 13.7. The van der Waals surface area contributed by atoms with Crippen LogP contribution in [0.25, 0.3) is 16.8 Å². The van der Waals surface area contributed by atoms with Gasteiger partial charge in [0.25, 0.3) is 0 Å². The van der Waals surface area contributed by atoms with E-state index in [-0.39, 0.29) is 0 Å². The minimum absolute atomic E-state index is 0.433. The van der Waals surface area contributed by atoms with Crippen molar-refractivity contribution >= 4 is 45.8 Å². The molecule has 3 aromatic rings. The predicted molar refractivity (Wildman–Crippen MR) is 108 cm³/mol. The number of ether oxygens (including phenoxy) is 1. The molecule has 0 unspecified atom stereocenters. The number of thiazole rings is 1. The molecule has 1 aromatic heterocycles. The highest BCUT2D eigenvalue weighted by Gasteiger charge is 2.11. The van der Waals surface area contributed by atoms with Crippen molar-refractivity contribution in [1.82, 2.24) is 4.98 Å². The number of benzene rings is 2. The van der Waals surface area contributed by atoms with Crippen molar-refractivity contribution in [3.8, 4) is 23.1 Å². The number of hydrogen-bond acceptors (Lipinski definition) is 5. The highest BCUT2D eigenvalue weighted by Crippen LogP contribution is 2.32.